The Kier molecular flexibility index (Phi) is 4.23. The smallest absolute Gasteiger partial charge is 0.0438 e. The summed E-state index contributed by atoms with van der Waals surface area (Å²) in [5.41, 5.74) is 6.77. The lowest BCUT2D eigenvalue weighted by molar-refractivity contribution is 0.936. The lowest BCUT2D eigenvalue weighted by Gasteiger charge is -2.14. The van der Waals surface area contributed by atoms with Crippen LogP contribution in [-0.2, 0) is 6.42 Å². The maximum absolute atomic E-state index is 3.82. The van der Waals surface area contributed by atoms with Crippen LogP contribution in [0.1, 0.15) is 32.6 Å². The van der Waals surface area contributed by atoms with Crippen LogP contribution in [0.2, 0.25) is 0 Å². The summed E-state index contributed by atoms with van der Waals surface area (Å²) >= 11 is 3.82. The van der Waals surface area contributed by atoms with Crippen LogP contribution in [0.25, 0.3) is 0 Å². The molecule has 1 atom stereocenters. The van der Waals surface area contributed by atoms with Crippen molar-refractivity contribution in [3.8, 4) is 0 Å². The Hall–Kier alpha value is -1.08. The minimum Gasteiger partial charge on any atom is -0.0835 e. The molecule has 2 aromatic rings. The average Bonchev–Trinajstić information content (AvgIpc) is 2.32. The predicted molar refractivity (Wildman–Crippen MR) is 82.5 cm³/mol. The molecule has 0 aromatic heterocycles. The van der Waals surface area contributed by atoms with E-state index in [-0.39, 0.29) is 0 Å². The van der Waals surface area contributed by atoms with E-state index in [0.29, 0.717) is 4.83 Å². The zero-order valence-corrected chi connectivity index (χ0v) is 12.8. The van der Waals surface area contributed by atoms with Crippen molar-refractivity contribution in [2.24, 2.45) is 0 Å². The van der Waals surface area contributed by atoms with E-state index in [9.17, 15) is 0 Å². The largest absolute Gasteiger partial charge is 0.0835 e. The standard InChI is InChI=1S/C17H19Br/c1-12-4-7-15(8-5-12)11-17(18)16-9-6-13(2)10-14(16)3/h4-10,17H,11H2,1-3H3. The molecule has 0 amide bonds. The average molecular weight is 303 g/mol. The van der Waals surface area contributed by atoms with Crippen molar-refractivity contribution >= 4 is 15.9 Å². The Morgan fingerprint density at radius 1 is 0.889 bits per heavy atom. The fraction of sp³-hybridized carbons (Fsp3) is 0.294. The highest BCUT2D eigenvalue weighted by atomic mass is 79.9. The van der Waals surface area contributed by atoms with Gasteiger partial charge in [-0.05, 0) is 43.9 Å². The van der Waals surface area contributed by atoms with Crippen LogP contribution < -0.4 is 0 Å². The number of aryl methyl sites for hydroxylation is 3. The number of rotatable bonds is 3. The summed E-state index contributed by atoms with van der Waals surface area (Å²) in [7, 11) is 0. The van der Waals surface area contributed by atoms with Gasteiger partial charge in [-0.1, -0.05) is 69.5 Å². The van der Waals surface area contributed by atoms with Crippen LogP contribution in [0, 0.1) is 20.8 Å². The van der Waals surface area contributed by atoms with E-state index >= 15 is 0 Å². The highest BCUT2D eigenvalue weighted by Gasteiger charge is 2.11. The molecule has 0 nitrogen and oxygen atoms in total. The van der Waals surface area contributed by atoms with Crippen LogP contribution in [0.4, 0.5) is 0 Å². The van der Waals surface area contributed by atoms with Crippen molar-refractivity contribution in [3.63, 3.8) is 0 Å². The molecule has 0 radical (unpaired) electrons. The quantitative estimate of drug-likeness (QED) is 0.676. The third-order valence-corrected chi connectivity index (χ3v) is 4.12. The van der Waals surface area contributed by atoms with Gasteiger partial charge < -0.3 is 0 Å². The molecule has 0 aliphatic rings. The first kappa shape index (κ1) is 13.4. The van der Waals surface area contributed by atoms with Gasteiger partial charge in [0, 0.05) is 4.83 Å². The second-order valence-electron chi connectivity index (χ2n) is 5.02. The highest BCUT2D eigenvalue weighted by Crippen LogP contribution is 2.30. The Labute approximate surface area is 118 Å². The Morgan fingerprint density at radius 3 is 2.11 bits per heavy atom. The van der Waals surface area contributed by atoms with Crippen molar-refractivity contribution in [3.05, 3.63) is 70.3 Å². The molecule has 0 aliphatic heterocycles. The topological polar surface area (TPSA) is 0 Å². The SMILES string of the molecule is Cc1ccc(CC(Br)c2ccc(C)cc2C)cc1. The summed E-state index contributed by atoms with van der Waals surface area (Å²) in [5.74, 6) is 0. The van der Waals surface area contributed by atoms with E-state index < -0.39 is 0 Å². The Balaban J connectivity index is 2.16. The minimum absolute atomic E-state index is 0.390. The van der Waals surface area contributed by atoms with Crippen LogP contribution in [0.5, 0.6) is 0 Å². The molecule has 18 heavy (non-hydrogen) atoms. The van der Waals surface area contributed by atoms with Crippen LogP contribution >= 0.6 is 15.9 Å². The van der Waals surface area contributed by atoms with Gasteiger partial charge in [0.05, 0.1) is 0 Å². The van der Waals surface area contributed by atoms with E-state index in [0.717, 1.165) is 6.42 Å². The van der Waals surface area contributed by atoms with Crippen molar-refractivity contribution in [2.45, 2.75) is 32.0 Å². The molecule has 2 aromatic carbocycles. The molecule has 94 valence electrons. The van der Waals surface area contributed by atoms with Gasteiger partial charge in [0.25, 0.3) is 0 Å². The molecule has 0 saturated carbocycles. The number of halogens is 1. The molecular formula is C17H19Br. The third kappa shape index (κ3) is 3.23. The van der Waals surface area contributed by atoms with Gasteiger partial charge in [-0.15, -0.1) is 0 Å². The van der Waals surface area contributed by atoms with E-state index in [1.165, 1.54) is 27.8 Å². The molecule has 0 heterocycles. The van der Waals surface area contributed by atoms with Gasteiger partial charge in [-0.2, -0.15) is 0 Å². The summed E-state index contributed by atoms with van der Waals surface area (Å²) in [5, 5.41) is 0. The zero-order valence-electron chi connectivity index (χ0n) is 11.2. The zero-order chi connectivity index (χ0) is 13.1. The minimum atomic E-state index is 0.390. The summed E-state index contributed by atoms with van der Waals surface area (Å²) in [4.78, 5) is 0.390. The van der Waals surface area contributed by atoms with Crippen LogP contribution in [-0.4, -0.2) is 0 Å². The fourth-order valence-corrected chi connectivity index (χ4v) is 3.11. The monoisotopic (exact) mass is 302 g/mol. The van der Waals surface area contributed by atoms with Crippen molar-refractivity contribution in [2.75, 3.05) is 0 Å². The summed E-state index contributed by atoms with van der Waals surface area (Å²) in [6.45, 7) is 6.45. The molecule has 1 unspecified atom stereocenters. The van der Waals surface area contributed by atoms with Gasteiger partial charge >= 0.3 is 0 Å². The maximum Gasteiger partial charge on any atom is 0.0438 e. The maximum atomic E-state index is 3.82. The van der Waals surface area contributed by atoms with E-state index in [1.807, 2.05) is 0 Å². The predicted octanol–water partition coefficient (Wildman–Crippen LogP) is 5.29. The molecule has 1 heteroatoms. The number of benzene rings is 2. The molecule has 0 saturated heterocycles. The second-order valence-corrected chi connectivity index (χ2v) is 6.12. The lowest BCUT2D eigenvalue weighted by Crippen LogP contribution is -1.98. The van der Waals surface area contributed by atoms with Crippen molar-refractivity contribution in [1.29, 1.82) is 0 Å². The van der Waals surface area contributed by atoms with Crippen molar-refractivity contribution < 1.29 is 0 Å². The van der Waals surface area contributed by atoms with Gasteiger partial charge in [-0.3, -0.25) is 0 Å². The van der Waals surface area contributed by atoms with Gasteiger partial charge in [0.15, 0.2) is 0 Å². The van der Waals surface area contributed by atoms with Crippen LogP contribution in [0.3, 0.4) is 0 Å². The molecular weight excluding hydrogens is 284 g/mol. The molecule has 0 N–H and O–H groups in total. The summed E-state index contributed by atoms with van der Waals surface area (Å²) in [6, 6.07) is 15.5. The molecule has 0 aliphatic carbocycles. The van der Waals surface area contributed by atoms with Crippen molar-refractivity contribution in [1.82, 2.24) is 0 Å². The van der Waals surface area contributed by atoms with Gasteiger partial charge in [-0.25, -0.2) is 0 Å². The number of alkyl halides is 1. The fourth-order valence-electron chi connectivity index (χ4n) is 2.22. The molecule has 0 fully saturated rings. The first-order chi connectivity index (χ1) is 8.56. The normalized spacial score (nSPS) is 12.4. The third-order valence-electron chi connectivity index (χ3n) is 3.30. The van der Waals surface area contributed by atoms with Gasteiger partial charge in [0.2, 0.25) is 0 Å². The number of hydrogen-bond donors (Lipinski definition) is 0. The van der Waals surface area contributed by atoms with E-state index in [4.69, 9.17) is 0 Å². The molecule has 0 spiro atoms. The first-order valence-electron chi connectivity index (χ1n) is 6.33. The summed E-state index contributed by atoms with van der Waals surface area (Å²) in [6.07, 6.45) is 1.03. The molecule has 2 rings (SSSR count). The first-order valence-corrected chi connectivity index (χ1v) is 7.24. The molecule has 0 bridgehead atoms. The lowest BCUT2D eigenvalue weighted by atomic mass is 9.98. The second kappa shape index (κ2) is 5.71. The Morgan fingerprint density at radius 2 is 1.50 bits per heavy atom. The van der Waals surface area contributed by atoms with E-state index in [1.54, 1.807) is 0 Å². The Bertz CT molecular complexity index is 526. The summed E-state index contributed by atoms with van der Waals surface area (Å²) < 4.78 is 0. The highest BCUT2D eigenvalue weighted by molar-refractivity contribution is 9.09. The van der Waals surface area contributed by atoms with Crippen LogP contribution in [0.15, 0.2) is 42.5 Å². The van der Waals surface area contributed by atoms with Gasteiger partial charge in [0.1, 0.15) is 0 Å². The number of hydrogen-bond acceptors (Lipinski definition) is 0. The van der Waals surface area contributed by atoms with E-state index in [2.05, 4.69) is 79.2 Å².